The van der Waals surface area contributed by atoms with E-state index in [9.17, 15) is 9.59 Å². The van der Waals surface area contributed by atoms with Crippen molar-refractivity contribution in [2.45, 2.75) is 25.2 Å². The molecule has 31 heavy (non-hydrogen) atoms. The van der Waals surface area contributed by atoms with Gasteiger partial charge in [-0.25, -0.2) is 0 Å². The maximum Gasteiger partial charge on any atom is 0.239 e. The first kappa shape index (κ1) is 21.8. The summed E-state index contributed by atoms with van der Waals surface area (Å²) in [6.45, 7) is 5.62. The quantitative estimate of drug-likeness (QED) is 0.759. The second-order valence-electron chi connectivity index (χ2n) is 8.14. The third-order valence-electron chi connectivity index (χ3n) is 6.07. The Bertz CT molecular complexity index is 916. The van der Waals surface area contributed by atoms with Crippen LogP contribution in [0.5, 0.6) is 0 Å². The molecule has 8 nitrogen and oxygen atoms in total. The number of aryl methyl sites for hydroxylation is 1. The van der Waals surface area contributed by atoms with Gasteiger partial charge < -0.3 is 19.5 Å². The van der Waals surface area contributed by atoms with Gasteiger partial charge in [0.05, 0.1) is 12.0 Å². The van der Waals surface area contributed by atoms with Gasteiger partial charge in [-0.05, 0) is 37.5 Å². The fraction of sp³-hybridized carbons (Fsp3) is 0.500. The molecule has 0 unspecified atom stereocenters. The molecule has 2 aromatic rings. The Labute approximate surface area is 186 Å². The summed E-state index contributed by atoms with van der Waals surface area (Å²) < 4.78 is 10.5. The molecule has 0 saturated carbocycles. The molecule has 0 spiro atoms. The zero-order chi connectivity index (χ0) is 21.8. The van der Waals surface area contributed by atoms with Gasteiger partial charge in [0.2, 0.25) is 11.8 Å². The molecule has 0 bridgehead atoms. The van der Waals surface area contributed by atoms with Crippen molar-refractivity contribution in [1.29, 1.82) is 0 Å². The lowest BCUT2D eigenvalue weighted by Gasteiger charge is -2.43. The smallest absolute Gasteiger partial charge is 0.239 e. The molecule has 1 N–H and O–H groups in total. The van der Waals surface area contributed by atoms with Crippen molar-refractivity contribution in [3.05, 3.63) is 46.7 Å². The summed E-state index contributed by atoms with van der Waals surface area (Å²) >= 11 is 6.07. The first-order chi connectivity index (χ1) is 15.0. The molecule has 4 rings (SSSR count). The molecule has 0 atom stereocenters. The fourth-order valence-electron chi connectivity index (χ4n) is 4.34. The first-order valence-corrected chi connectivity index (χ1v) is 10.9. The number of aromatic nitrogens is 1. The molecule has 166 valence electrons. The summed E-state index contributed by atoms with van der Waals surface area (Å²) in [5, 5.41) is 7.18. The number of nitrogens with zero attached hydrogens (tertiary/aromatic N) is 3. The van der Waals surface area contributed by atoms with Crippen LogP contribution in [0.2, 0.25) is 5.02 Å². The van der Waals surface area contributed by atoms with Crippen LogP contribution in [-0.2, 0) is 19.7 Å². The predicted octanol–water partition coefficient (Wildman–Crippen LogP) is 2.47. The summed E-state index contributed by atoms with van der Waals surface area (Å²) in [6.07, 6.45) is 1.32. The average molecular weight is 447 g/mol. The van der Waals surface area contributed by atoms with Crippen molar-refractivity contribution in [1.82, 2.24) is 15.0 Å². The van der Waals surface area contributed by atoms with Crippen LogP contribution in [0.4, 0.5) is 5.82 Å². The van der Waals surface area contributed by atoms with Crippen LogP contribution in [-0.4, -0.2) is 72.7 Å². The zero-order valence-electron chi connectivity index (χ0n) is 17.6. The Morgan fingerprint density at radius 1 is 1.13 bits per heavy atom. The van der Waals surface area contributed by atoms with Crippen LogP contribution in [0.15, 0.2) is 34.9 Å². The number of nitrogens with one attached hydrogen (secondary N) is 1. The number of halogens is 1. The van der Waals surface area contributed by atoms with Gasteiger partial charge in [0, 0.05) is 50.5 Å². The van der Waals surface area contributed by atoms with E-state index in [1.807, 2.05) is 34.1 Å². The number of benzene rings is 1. The number of rotatable bonds is 5. The minimum atomic E-state index is -0.576. The maximum atomic E-state index is 13.7. The van der Waals surface area contributed by atoms with Gasteiger partial charge in [-0.1, -0.05) is 28.9 Å². The van der Waals surface area contributed by atoms with Crippen molar-refractivity contribution >= 4 is 29.2 Å². The summed E-state index contributed by atoms with van der Waals surface area (Å²) in [7, 11) is 0. The van der Waals surface area contributed by atoms with Crippen LogP contribution in [0, 0.1) is 6.92 Å². The highest BCUT2D eigenvalue weighted by molar-refractivity contribution is 6.30. The van der Waals surface area contributed by atoms with Gasteiger partial charge in [-0.3, -0.25) is 14.5 Å². The minimum Gasteiger partial charge on any atom is -0.381 e. The molecule has 1 aromatic carbocycles. The van der Waals surface area contributed by atoms with E-state index in [1.165, 1.54) is 0 Å². The standard InChI is InChI=1S/C22H27ClN4O4/c1-16-14-19(25-31-16)24-20(28)15-26-8-10-27(11-9-26)21(29)22(6-12-30-13-7-22)17-2-4-18(23)5-3-17/h2-5,14H,6-13,15H2,1H3,(H,24,25,28). The molecule has 2 aliphatic rings. The number of amides is 2. The first-order valence-electron chi connectivity index (χ1n) is 10.5. The van der Waals surface area contributed by atoms with Crippen LogP contribution in [0.25, 0.3) is 0 Å². The second kappa shape index (κ2) is 9.38. The van der Waals surface area contributed by atoms with Gasteiger partial charge in [0.1, 0.15) is 5.76 Å². The molecule has 1 aromatic heterocycles. The van der Waals surface area contributed by atoms with Gasteiger partial charge >= 0.3 is 0 Å². The van der Waals surface area contributed by atoms with E-state index in [0.29, 0.717) is 68.8 Å². The van der Waals surface area contributed by atoms with Crippen LogP contribution in [0.1, 0.15) is 24.2 Å². The number of carbonyl (C=O) groups is 2. The molecule has 0 radical (unpaired) electrons. The number of ether oxygens (including phenoxy) is 1. The Balaban J connectivity index is 1.37. The average Bonchev–Trinajstić information content (AvgIpc) is 3.19. The highest BCUT2D eigenvalue weighted by atomic mass is 35.5. The number of hydrogen-bond donors (Lipinski definition) is 1. The lowest BCUT2D eigenvalue weighted by atomic mass is 9.73. The minimum absolute atomic E-state index is 0.139. The largest absolute Gasteiger partial charge is 0.381 e. The summed E-state index contributed by atoms with van der Waals surface area (Å²) in [5.41, 5.74) is 0.419. The van der Waals surface area contributed by atoms with E-state index in [4.69, 9.17) is 20.9 Å². The van der Waals surface area contributed by atoms with Crippen molar-refractivity contribution in [3.8, 4) is 0 Å². The highest BCUT2D eigenvalue weighted by Crippen LogP contribution is 2.37. The molecule has 3 heterocycles. The Morgan fingerprint density at radius 2 is 1.81 bits per heavy atom. The van der Waals surface area contributed by atoms with E-state index in [2.05, 4.69) is 10.5 Å². The van der Waals surface area contributed by atoms with Crippen LogP contribution in [0.3, 0.4) is 0 Å². The maximum absolute atomic E-state index is 13.7. The highest BCUT2D eigenvalue weighted by Gasteiger charge is 2.44. The molecule has 9 heteroatoms. The molecule has 2 fully saturated rings. The van der Waals surface area contributed by atoms with Crippen molar-refractivity contribution in [3.63, 3.8) is 0 Å². The number of piperazine rings is 1. The van der Waals surface area contributed by atoms with E-state index < -0.39 is 5.41 Å². The molecule has 2 saturated heterocycles. The predicted molar refractivity (Wildman–Crippen MR) is 116 cm³/mol. The topological polar surface area (TPSA) is 87.9 Å². The van der Waals surface area contributed by atoms with E-state index in [0.717, 1.165) is 5.56 Å². The number of anilines is 1. The summed E-state index contributed by atoms with van der Waals surface area (Å²) in [5.74, 6) is 1.06. The van der Waals surface area contributed by atoms with Gasteiger partial charge in [-0.2, -0.15) is 0 Å². The van der Waals surface area contributed by atoms with Crippen molar-refractivity contribution in [2.75, 3.05) is 51.3 Å². The molecular formula is C22H27ClN4O4. The third-order valence-corrected chi connectivity index (χ3v) is 6.33. The van der Waals surface area contributed by atoms with E-state index in [1.54, 1.807) is 13.0 Å². The fourth-order valence-corrected chi connectivity index (χ4v) is 4.46. The monoisotopic (exact) mass is 446 g/mol. The summed E-state index contributed by atoms with van der Waals surface area (Å²) in [6, 6.07) is 9.27. The second-order valence-corrected chi connectivity index (χ2v) is 8.58. The van der Waals surface area contributed by atoms with E-state index >= 15 is 0 Å². The molecule has 2 aliphatic heterocycles. The Hall–Kier alpha value is -2.42. The zero-order valence-corrected chi connectivity index (χ0v) is 18.4. The Kier molecular flexibility index (Phi) is 6.60. The van der Waals surface area contributed by atoms with Crippen molar-refractivity contribution in [2.24, 2.45) is 0 Å². The normalized spacial score (nSPS) is 19.2. The molecule has 2 amide bonds. The number of hydrogen-bond acceptors (Lipinski definition) is 6. The van der Waals surface area contributed by atoms with Gasteiger partial charge in [0.25, 0.3) is 0 Å². The van der Waals surface area contributed by atoms with Crippen molar-refractivity contribution < 1.29 is 18.8 Å². The van der Waals surface area contributed by atoms with Crippen LogP contribution < -0.4 is 5.32 Å². The molecular weight excluding hydrogens is 420 g/mol. The lowest BCUT2D eigenvalue weighted by Crippen LogP contribution is -2.56. The number of carbonyl (C=O) groups excluding carboxylic acids is 2. The van der Waals surface area contributed by atoms with Gasteiger partial charge in [-0.15, -0.1) is 0 Å². The lowest BCUT2D eigenvalue weighted by molar-refractivity contribution is -0.143. The Morgan fingerprint density at radius 3 is 2.42 bits per heavy atom. The van der Waals surface area contributed by atoms with Gasteiger partial charge in [0.15, 0.2) is 5.82 Å². The van der Waals surface area contributed by atoms with Crippen LogP contribution >= 0.6 is 11.6 Å². The SMILES string of the molecule is Cc1cc(NC(=O)CN2CCN(C(=O)C3(c4ccc(Cl)cc4)CCOCC3)CC2)no1. The third kappa shape index (κ3) is 4.92. The van der Waals surface area contributed by atoms with E-state index in [-0.39, 0.29) is 18.4 Å². The summed E-state index contributed by atoms with van der Waals surface area (Å²) in [4.78, 5) is 29.9. The molecule has 0 aliphatic carbocycles.